The summed E-state index contributed by atoms with van der Waals surface area (Å²) in [6.07, 6.45) is 1.59. The fourth-order valence-corrected chi connectivity index (χ4v) is 6.56. The molecule has 1 aromatic heterocycles. The average molecular weight is 455 g/mol. The maximum absolute atomic E-state index is 13.4. The Kier molecular flexibility index (Phi) is 5.99. The fraction of sp³-hybridized carbons (Fsp3) is 0.450. The lowest BCUT2D eigenvalue weighted by atomic mass is 9.97. The first-order valence-corrected chi connectivity index (χ1v) is 12.4. The third kappa shape index (κ3) is 3.84. The van der Waals surface area contributed by atoms with Crippen molar-refractivity contribution in [3.8, 4) is 0 Å². The lowest BCUT2D eigenvalue weighted by Gasteiger charge is -2.35. The van der Waals surface area contributed by atoms with Crippen LogP contribution in [0.2, 0.25) is 5.02 Å². The van der Waals surface area contributed by atoms with Crippen LogP contribution in [0.5, 0.6) is 0 Å². The highest BCUT2D eigenvalue weighted by molar-refractivity contribution is 7.89. The monoisotopic (exact) mass is 454 g/mol. The van der Waals surface area contributed by atoms with Crippen LogP contribution >= 0.6 is 22.9 Å². The van der Waals surface area contributed by atoms with Gasteiger partial charge >= 0.3 is 0 Å². The van der Waals surface area contributed by atoms with Gasteiger partial charge in [-0.1, -0.05) is 18.5 Å². The zero-order chi connectivity index (χ0) is 20.6. The summed E-state index contributed by atoms with van der Waals surface area (Å²) in [5, 5.41) is 2.32. The van der Waals surface area contributed by atoms with Crippen molar-refractivity contribution < 1.29 is 17.9 Å². The van der Waals surface area contributed by atoms with Crippen LogP contribution in [0.1, 0.15) is 40.2 Å². The van der Waals surface area contributed by atoms with Gasteiger partial charge in [-0.15, -0.1) is 11.3 Å². The molecule has 4 rings (SSSR count). The SMILES string of the molecule is CCC1c2ccsc2CCN1C(=O)c1cc(S(=O)(=O)N2CCOCC2)ccc1Cl. The second kappa shape index (κ2) is 8.35. The summed E-state index contributed by atoms with van der Waals surface area (Å²) >= 11 is 8.06. The van der Waals surface area contributed by atoms with Crippen LogP contribution in [-0.2, 0) is 21.2 Å². The van der Waals surface area contributed by atoms with Gasteiger partial charge in [-0.25, -0.2) is 8.42 Å². The van der Waals surface area contributed by atoms with Gasteiger partial charge in [0, 0.05) is 24.5 Å². The van der Waals surface area contributed by atoms with Crippen molar-refractivity contribution in [3.05, 3.63) is 50.7 Å². The smallest absolute Gasteiger partial charge is 0.255 e. The summed E-state index contributed by atoms with van der Waals surface area (Å²) in [7, 11) is -3.70. The molecule has 6 nitrogen and oxygen atoms in total. The van der Waals surface area contributed by atoms with E-state index in [0.717, 1.165) is 12.8 Å². The van der Waals surface area contributed by atoms with E-state index in [0.29, 0.717) is 32.8 Å². The highest BCUT2D eigenvalue weighted by Crippen LogP contribution is 2.37. The average Bonchev–Trinajstić information content (AvgIpc) is 3.22. The summed E-state index contributed by atoms with van der Waals surface area (Å²) in [6.45, 7) is 4.00. The fourth-order valence-electron chi connectivity index (χ4n) is 4.00. The molecule has 0 spiro atoms. The Balaban J connectivity index is 1.66. The maximum Gasteiger partial charge on any atom is 0.255 e. The molecule has 1 aromatic carbocycles. The first-order valence-electron chi connectivity index (χ1n) is 9.68. The number of amides is 1. The predicted molar refractivity (Wildman–Crippen MR) is 113 cm³/mol. The number of benzene rings is 1. The Hall–Kier alpha value is -1.45. The van der Waals surface area contributed by atoms with Crippen LogP contribution in [0.4, 0.5) is 0 Å². The van der Waals surface area contributed by atoms with Gasteiger partial charge in [-0.2, -0.15) is 4.31 Å². The number of hydrogen-bond donors (Lipinski definition) is 0. The van der Waals surface area contributed by atoms with Gasteiger partial charge in [0.1, 0.15) is 0 Å². The number of morpholine rings is 1. The molecule has 0 bridgehead atoms. The predicted octanol–water partition coefficient (Wildman–Crippen LogP) is 3.57. The van der Waals surface area contributed by atoms with E-state index in [1.54, 1.807) is 11.3 Å². The number of ether oxygens (including phenoxy) is 1. The number of fused-ring (bicyclic) bond motifs is 1. The Morgan fingerprint density at radius 1 is 1.24 bits per heavy atom. The van der Waals surface area contributed by atoms with Gasteiger partial charge in [0.2, 0.25) is 10.0 Å². The van der Waals surface area contributed by atoms with Crippen LogP contribution in [0, 0.1) is 0 Å². The number of sulfonamides is 1. The molecule has 2 aromatic rings. The lowest BCUT2D eigenvalue weighted by molar-refractivity contribution is 0.0657. The summed E-state index contributed by atoms with van der Waals surface area (Å²) in [5.41, 5.74) is 1.42. The van der Waals surface area contributed by atoms with Gasteiger partial charge in [-0.05, 0) is 48.1 Å². The van der Waals surface area contributed by atoms with Gasteiger partial charge < -0.3 is 9.64 Å². The number of hydrogen-bond acceptors (Lipinski definition) is 5. The van der Waals surface area contributed by atoms with Crippen LogP contribution in [0.3, 0.4) is 0 Å². The van der Waals surface area contributed by atoms with E-state index in [4.69, 9.17) is 16.3 Å². The van der Waals surface area contributed by atoms with Crippen molar-refractivity contribution in [2.45, 2.75) is 30.7 Å². The van der Waals surface area contributed by atoms with E-state index in [1.165, 1.54) is 32.9 Å². The molecule has 0 saturated carbocycles. The molecule has 1 saturated heterocycles. The Morgan fingerprint density at radius 2 is 2.00 bits per heavy atom. The van der Waals surface area contributed by atoms with Gasteiger partial charge in [0.05, 0.1) is 34.7 Å². The number of carbonyl (C=O) groups excluding carboxylic acids is 1. The van der Waals surface area contributed by atoms with Crippen molar-refractivity contribution in [1.29, 1.82) is 0 Å². The van der Waals surface area contributed by atoms with Gasteiger partial charge in [0.15, 0.2) is 0 Å². The van der Waals surface area contributed by atoms with Gasteiger partial charge in [-0.3, -0.25) is 4.79 Å². The molecule has 9 heteroatoms. The van der Waals surface area contributed by atoms with Crippen LogP contribution < -0.4 is 0 Å². The van der Waals surface area contributed by atoms with Crippen molar-refractivity contribution in [2.75, 3.05) is 32.8 Å². The quantitative estimate of drug-likeness (QED) is 0.708. The standard InChI is InChI=1S/C20H23ClN2O4S2/c1-2-18-15-6-12-28-19(15)5-7-23(18)20(24)16-13-14(3-4-17(16)21)29(25,26)22-8-10-27-11-9-22/h3-4,6,12-13,18H,2,5,7-11H2,1H3. The minimum Gasteiger partial charge on any atom is -0.379 e. The van der Waals surface area contributed by atoms with E-state index >= 15 is 0 Å². The molecular weight excluding hydrogens is 432 g/mol. The molecule has 2 aliphatic rings. The van der Waals surface area contributed by atoms with Crippen LogP contribution in [-0.4, -0.2) is 56.4 Å². The number of rotatable bonds is 4. The summed E-state index contributed by atoms with van der Waals surface area (Å²) in [5.74, 6) is -0.224. The van der Waals surface area contributed by atoms with E-state index < -0.39 is 10.0 Å². The first-order chi connectivity index (χ1) is 13.9. The number of halogens is 1. The van der Waals surface area contributed by atoms with Crippen LogP contribution in [0.25, 0.3) is 0 Å². The number of thiophene rings is 1. The number of carbonyl (C=O) groups is 1. The minimum atomic E-state index is -3.70. The zero-order valence-corrected chi connectivity index (χ0v) is 18.5. The molecule has 3 heterocycles. The molecule has 156 valence electrons. The third-order valence-corrected chi connectivity index (χ3v) is 8.74. The highest BCUT2D eigenvalue weighted by atomic mass is 35.5. The van der Waals surface area contributed by atoms with E-state index in [1.807, 2.05) is 4.90 Å². The summed E-state index contributed by atoms with van der Waals surface area (Å²) in [4.78, 5) is 16.6. The van der Waals surface area contributed by atoms with Gasteiger partial charge in [0.25, 0.3) is 5.91 Å². The largest absolute Gasteiger partial charge is 0.379 e. The lowest BCUT2D eigenvalue weighted by Crippen LogP contribution is -2.41. The molecule has 0 radical (unpaired) electrons. The molecule has 29 heavy (non-hydrogen) atoms. The second-order valence-corrected chi connectivity index (χ2v) is 10.5. The molecule has 1 unspecified atom stereocenters. The number of nitrogens with zero attached hydrogens (tertiary/aromatic N) is 2. The summed E-state index contributed by atoms with van der Waals surface area (Å²) in [6, 6.07) is 6.45. The Labute approximate surface area is 180 Å². The topological polar surface area (TPSA) is 66.9 Å². The van der Waals surface area contributed by atoms with E-state index in [2.05, 4.69) is 18.4 Å². The molecule has 0 N–H and O–H groups in total. The highest BCUT2D eigenvalue weighted by Gasteiger charge is 2.33. The van der Waals surface area contributed by atoms with Crippen molar-refractivity contribution in [1.82, 2.24) is 9.21 Å². The van der Waals surface area contributed by atoms with Crippen molar-refractivity contribution >= 4 is 38.9 Å². The van der Waals surface area contributed by atoms with E-state index in [-0.39, 0.29) is 27.4 Å². The third-order valence-electron chi connectivity index (χ3n) is 5.52. The first kappa shape index (κ1) is 20.8. The van der Waals surface area contributed by atoms with Crippen molar-refractivity contribution in [3.63, 3.8) is 0 Å². The molecular formula is C20H23ClN2O4S2. The van der Waals surface area contributed by atoms with Crippen LogP contribution in [0.15, 0.2) is 34.5 Å². The molecule has 1 atom stereocenters. The van der Waals surface area contributed by atoms with E-state index in [9.17, 15) is 13.2 Å². The second-order valence-electron chi connectivity index (χ2n) is 7.13. The Morgan fingerprint density at radius 3 is 2.72 bits per heavy atom. The minimum absolute atomic E-state index is 0.0203. The molecule has 1 fully saturated rings. The maximum atomic E-state index is 13.4. The zero-order valence-electron chi connectivity index (χ0n) is 16.1. The van der Waals surface area contributed by atoms with Crippen molar-refractivity contribution in [2.24, 2.45) is 0 Å². The molecule has 2 aliphatic heterocycles. The summed E-state index contributed by atoms with van der Waals surface area (Å²) < 4.78 is 32.6. The normalized spacial score (nSPS) is 20.5. The molecule has 1 amide bonds. The molecule has 0 aliphatic carbocycles. The Bertz CT molecular complexity index is 1020.